The maximum Gasteiger partial charge on any atom is 0.251 e. The van der Waals surface area contributed by atoms with Crippen molar-refractivity contribution in [3.05, 3.63) is 120 Å². The molecular formula is C26H28N4O. The third kappa shape index (κ3) is 4.46. The predicted octanol–water partition coefficient (Wildman–Crippen LogP) is 4.87. The lowest BCUT2D eigenvalue weighted by Crippen LogP contribution is -2.35. The highest BCUT2D eigenvalue weighted by molar-refractivity contribution is 5.95. The molecule has 2 unspecified atom stereocenters. The first-order chi connectivity index (χ1) is 15.3. The Labute approximate surface area is 184 Å². The van der Waals surface area contributed by atoms with Gasteiger partial charge in [-0.15, -0.1) is 0 Å². The molecule has 1 aliphatic heterocycles. The summed E-state index contributed by atoms with van der Waals surface area (Å²) in [6.45, 7) is 0. The van der Waals surface area contributed by atoms with E-state index in [1.807, 2.05) is 72.8 Å². The smallest absolute Gasteiger partial charge is 0.251 e. The first-order valence-corrected chi connectivity index (χ1v) is 10.5. The molecule has 0 saturated heterocycles. The monoisotopic (exact) mass is 412 g/mol. The molecule has 1 amide bonds. The van der Waals surface area contributed by atoms with E-state index in [4.69, 9.17) is 0 Å². The van der Waals surface area contributed by atoms with Gasteiger partial charge in [-0.25, -0.2) is 0 Å². The van der Waals surface area contributed by atoms with E-state index in [2.05, 4.69) is 45.8 Å². The van der Waals surface area contributed by atoms with Crippen LogP contribution in [0.15, 0.2) is 103 Å². The molecule has 0 aromatic heterocycles. The van der Waals surface area contributed by atoms with Crippen molar-refractivity contribution in [2.45, 2.75) is 18.4 Å². The van der Waals surface area contributed by atoms with Gasteiger partial charge in [0.15, 0.2) is 0 Å². The molecule has 3 aromatic carbocycles. The summed E-state index contributed by atoms with van der Waals surface area (Å²) in [6, 6.07) is 28.2. The SMILES string of the molecule is O=C(NC1CC1c1ccccc1)c1cccc(NC2=CC=C(c3ccccc3)NN2)c1.[HH].[HH]. The van der Waals surface area contributed by atoms with Crippen LogP contribution >= 0.6 is 0 Å². The highest BCUT2D eigenvalue weighted by Gasteiger charge is 2.39. The van der Waals surface area contributed by atoms with Crippen LogP contribution in [0.25, 0.3) is 5.70 Å². The normalized spacial score (nSPS) is 19.2. The van der Waals surface area contributed by atoms with Gasteiger partial charge in [0.2, 0.25) is 0 Å². The van der Waals surface area contributed by atoms with Crippen molar-refractivity contribution in [1.29, 1.82) is 0 Å². The number of amides is 1. The van der Waals surface area contributed by atoms with Gasteiger partial charge >= 0.3 is 0 Å². The summed E-state index contributed by atoms with van der Waals surface area (Å²) >= 11 is 0. The van der Waals surface area contributed by atoms with Gasteiger partial charge < -0.3 is 10.6 Å². The topological polar surface area (TPSA) is 65.2 Å². The van der Waals surface area contributed by atoms with Crippen molar-refractivity contribution in [3.8, 4) is 0 Å². The fourth-order valence-electron chi connectivity index (χ4n) is 3.81. The van der Waals surface area contributed by atoms with Gasteiger partial charge in [-0.2, -0.15) is 0 Å². The van der Waals surface area contributed by atoms with Crippen LogP contribution in [-0.2, 0) is 0 Å². The number of hydrogen-bond acceptors (Lipinski definition) is 4. The maximum absolute atomic E-state index is 12.7. The summed E-state index contributed by atoms with van der Waals surface area (Å²) in [5.41, 5.74) is 11.2. The molecule has 0 bridgehead atoms. The Hall–Kier alpha value is -3.99. The first kappa shape index (κ1) is 19.0. The number of nitrogens with one attached hydrogen (secondary N) is 4. The second kappa shape index (κ2) is 8.40. The van der Waals surface area contributed by atoms with Gasteiger partial charge in [0.05, 0.1) is 5.70 Å². The molecule has 3 aromatic rings. The number of benzene rings is 3. The largest absolute Gasteiger partial charge is 0.349 e. The lowest BCUT2D eigenvalue weighted by molar-refractivity contribution is 0.0950. The molecule has 1 fully saturated rings. The summed E-state index contributed by atoms with van der Waals surface area (Å²) in [4.78, 5) is 12.7. The average molecular weight is 413 g/mol. The van der Waals surface area contributed by atoms with Crippen LogP contribution in [0.1, 0.15) is 36.7 Å². The van der Waals surface area contributed by atoms with Gasteiger partial charge in [-0.3, -0.25) is 15.6 Å². The number of rotatable bonds is 6. The maximum atomic E-state index is 12.7. The number of carbonyl (C=O) groups is 1. The van der Waals surface area contributed by atoms with Gasteiger partial charge in [-0.05, 0) is 47.9 Å². The minimum absolute atomic E-state index is 0. The van der Waals surface area contributed by atoms with E-state index in [0.29, 0.717) is 11.5 Å². The van der Waals surface area contributed by atoms with Crippen LogP contribution in [-0.4, -0.2) is 11.9 Å². The highest BCUT2D eigenvalue weighted by atomic mass is 16.1. The van der Waals surface area contributed by atoms with Crippen LogP contribution in [0, 0.1) is 0 Å². The summed E-state index contributed by atoms with van der Waals surface area (Å²) in [6.07, 6.45) is 4.98. The minimum Gasteiger partial charge on any atom is -0.349 e. The van der Waals surface area contributed by atoms with Crippen LogP contribution in [0.2, 0.25) is 0 Å². The molecule has 31 heavy (non-hydrogen) atoms. The van der Waals surface area contributed by atoms with Crippen molar-refractivity contribution < 1.29 is 7.65 Å². The molecule has 2 aliphatic rings. The van der Waals surface area contributed by atoms with Crippen molar-refractivity contribution >= 4 is 17.3 Å². The number of allylic oxidation sites excluding steroid dienone is 2. The Balaban J connectivity index is 0.00000153. The lowest BCUT2D eigenvalue weighted by atomic mass is 10.1. The molecule has 1 heterocycles. The van der Waals surface area contributed by atoms with E-state index in [0.717, 1.165) is 29.2 Å². The molecular weight excluding hydrogens is 384 g/mol. The molecule has 0 radical (unpaired) electrons. The molecule has 0 spiro atoms. The quantitative estimate of drug-likeness (QED) is 0.467. The molecule has 5 rings (SSSR count). The molecule has 158 valence electrons. The van der Waals surface area contributed by atoms with Gasteiger partial charge in [0.1, 0.15) is 5.82 Å². The molecule has 1 aliphatic carbocycles. The summed E-state index contributed by atoms with van der Waals surface area (Å²) in [5.74, 6) is 1.19. The van der Waals surface area contributed by atoms with E-state index in [9.17, 15) is 4.79 Å². The fourth-order valence-corrected chi connectivity index (χ4v) is 3.81. The van der Waals surface area contributed by atoms with E-state index >= 15 is 0 Å². The average Bonchev–Trinajstić information content (AvgIpc) is 3.60. The Morgan fingerprint density at radius 1 is 0.871 bits per heavy atom. The Bertz CT molecular complexity index is 1150. The van der Waals surface area contributed by atoms with Crippen LogP contribution < -0.4 is 21.5 Å². The third-order valence-electron chi connectivity index (χ3n) is 5.57. The second-order valence-electron chi connectivity index (χ2n) is 7.82. The number of hydrogen-bond donors (Lipinski definition) is 4. The van der Waals surface area contributed by atoms with Crippen molar-refractivity contribution in [1.82, 2.24) is 16.2 Å². The van der Waals surface area contributed by atoms with Gasteiger partial charge in [-0.1, -0.05) is 66.7 Å². The first-order valence-electron chi connectivity index (χ1n) is 10.5. The lowest BCUT2D eigenvalue weighted by Gasteiger charge is -2.21. The summed E-state index contributed by atoms with van der Waals surface area (Å²) < 4.78 is 0. The number of anilines is 1. The van der Waals surface area contributed by atoms with Crippen molar-refractivity contribution in [3.63, 3.8) is 0 Å². The molecule has 5 nitrogen and oxygen atoms in total. The minimum atomic E-state index is -0.0398. The van der Waals surface area contributed by atoms with E-state index in [1.54, 1.807) is 0 Å². The Kier molecular flexibility index (Phi) is 5.15. The van der Waals surface area contributed by atoms with Crippen molar-refractivity contribution in [2.75, 3.05) is 5.32 Å². The second-order valence-corrected chi connectivity index (χ2v) is 7.82. The standard InChI is InChI=1S/C26H24N4O.2H2/c31-26(28-24-17-22(24)18-8-3-1-4-9-18)20-12-7-13-21(16-20)27-25-15-14-23(29-30-25)19-10-5-2-6-11-19;;/h1-16,22,24,27,29-30H,17H2,(H,28,31);2*1H. The van der Waals surface area contributed by atoms with E-state index in [1.165, 1.54) is 5.56 Å². The predicted molar refractivity (Wildman–Crippen MR) is 128 cm³/mol. The molecule has 4 N–H and O–H groups in total. The fraction of sp³-hybridized carbons (Fsp3) is 0.115. The zero-order chi connectivity index (χ0) is 21.0. The highest BCUT2D eigenvalue weighted by Crippen LogP contribution is 2.40. The van der Waals surface area contributed by atoms with Gasteiger partial charge in [0.25, 0.3) is 5.91 Å². The number of carbonyl (C=O) groups excluding carboxylic acids is 1. The summed E-state index contributed by atoms with van der Waals surface area (Å²) in [7, 11) is 0. The zero-order valence-corrected chi connectivity index (χ0v) is 17.0. The molecule has 1 saturated carbocycles. The van der Waals surface area contributed by atoms with Gasteiger partial charge in [0, 0.05) is 26.1 Å². The van der Waals surface area contributed by atoms with Crippen LogP contribution in [0.3, 0.4) is 0 Å². The Morgan fingerprint density at radius 3 is 2.39 bits per heavy atom. The molecule has 2 atom stereocenters. The van der Waals surface area contributed by atoms with Crippen molar-refractivity contribution in [2.24, 2.45) is 0 Å². The van der Waals surface area contributed by atoms with Crippen LogP contribution in [0.5, 0.6) is 0 Å². The zero-order valence-electron chi connectivity index (χ0n) is 17.0. The number of hydrazine groups is 1. The summed E-state index contributed by atoms with van der Waals surface area (Å²) in [5, 5.41) is 6.47. The third-order valence-corrected chi connectivity index (χ3v) is 5.57. The molecule has 5 heteroatoms. The Morgan fingerprint density at radius 2 is 1.65 bits per heavy atom. The van der Waals surface area contributed by atoms with E-state index in [-0.39, 0.29) is 14.8 Å². The van der Waals surface area contributed by atoms with E-state index < -0.39 is 0 Å². The van der Waals surface area contributed by atoms with Crippen LogP contribution in [0.4, 0.5) is 5.69 Å².